The van der Waals surface area contributed by atoms with Gasteiger partial charge in [-0.15, -0.1) is 0 Å². The Morgan fingerprint density at radius 1 is 1.40 bits per heavy atom. The first-order chi connectivity index (χ1) is 9.25. The summed E-state index contributed by atoms with van der Waals surface area (Å²) in [6.45, 7) is 3.85. The fourth-order valence-corrected chi connectivity index (χ4v) is 1.63. The summed E-state index contributed by atoms with van der Waals surface area (Å²) < 4.78 is 18.4. The van der Waals surface area contributed by atoms with Crippen LogP contribution in [0, 0.1) is 5.82 Å². The molecule has 0 spiro atoms. The van der Waals surface area contributed by atoms with Crippen molar-refractivity contribution in [3.8, 4) is 0 Å². The Morgan fingerprint density at radius 2 is 2.05 bits per heavy atom. The molecular weight excluding hydrogens is 267 g/mol. The lowest BCUT2D eigenvalue weighted by Gasteiger charge is -2.25. The van der Waals surface area contributed by atoms with Crippen LogP contribution in [0.25, 0.3) is 0 Å². The van der Waals surface area contributed by atoms with E-state index in [4.69, 9.17) is 9.84 Å². The molecule has 1 aromatic carbocycles. The average Bonchev–Trinajstić information content (AvgIpc) is 2.26. The first-order valence-corrected chi connectivity index (χ1v) is 5.86. The van der Waals surface area contributed by atoms with E-state index in [1.807, 2.05) is 0 Å². The standard InChI is InChI=1S/C13H17FN2O4/c1-13(2,7-20-3)16-12(19)15-8-4-5-9(11(17)18)10(14)6-8/h4-6H,7H2,1-3H3,(H,17,18)(H2,15,16,19). The van der Waals surface area contributed by atoms with Gasteiger partial charge in [0.1, 0.15) is 5.82 Å². The third-order valence-corrected chi connectivity index (χ3v) is 2.41. The number of methoxy groups -OCH3 is 1. The minimum Gasteiger partial charge on any atom is -0.478 e. The van der Waals surface area contributed by atoms with Gasteiger partial charge in [-0.05, 0) is 32.0 Å². The van der Waals surface area contributed by atoms with E-state index in [-0.39, 0.29) is 5.69 Å². The topological polar surface area (TPSA) is 87.7 Å². The number of hydrogen-bond acceptors (Lipinski definition) is 3. The zero-order valence-electron chi connectivity index (χ0n) is 11.5. The third kappa shape index (κ3) is 4.51. The average molecular weight is 284 g/mol. The number of urea groups is 1. The number of carbonyl (C=O) groups is 2. The molecule has 0 aliphatic carbocycles. The quantitative estimate of drug-likeness (QED) is 0.772. The van der Waals surface area contributed by atoms with Crippen molar-refractivity contribution in [2.45, 2.75) is 19.4 Å². The molecule has 0 saturated heterocycles. The van der Waals surface area contributed by atoms with E-state index in [2.05, 4.69) is 10.6 Å². The maximum Gasteiger partial charge on any atom is 0.338 e. The van der Waals surface area contributed by atoms with Crippen molar-refractivity contribution < 1.29 is 23.8 Å². The minimum atomic E-state index is -1.36. The number of halogens is 1. The fraction of sp³-hybridized carbons (Fsp3) is 0.385. The van der Waals surface area contributed by atoms with E-state index in [1.165, 1.54) is 13.2 Å². The molecule has 0 aliphatic heterocycles. The number of carbonyl (C=O) groups excluding carboxylic acids is 1. The number of hydrogen-bond donors (Lipinski definition) is 3. The third-order valence-electron chi connectivity index (χ3n) is 2.41. The second-order valence-electron chi connectivity index (χ2n) is 4.90. The van der Waals surface area contributed by atoms with E-state index in [9.17, 15) is 14.0 Å². The first-order valence-electron chi connectivity index (χ1n) is 5.86. The number of rotatable bonds is 5. The first kappa shape index (κ1) is 15.9. The van der Waals surface area contributed by atoms with E-state index < -0.39 is 28.9 Å². The Bertz CT molecular complexity index is 517. The highest BCUT2D eigenvalue weighted by atomic mass is 19.1. The molecule has 0 heterocycles. The molecule has 0 bridgehead atoms. The van der Waals surface area contributed by atoms with E-state index in [0.29, 0.717) is 6.61 Å². The molecule has 0 atom stereocenters. The molecular formula is C13H17FN2O4. The molecule has 0 saturated carbocycles. The van der Waals surface area contributed by atoms with E-state index in [1.54, 1.807) is 13.8 Å². The molecule has 0 aromatic heterocycles. The van der Waals surface area contributed by atoms with Gasteiger partial charge in [0.15, 0.2) is 0 Å². The summed E-state index contributed by atoms with van der Waals surface area (Å²) in [6, 6.07) is 2.82. The summed E-state index contributed by atoms with van der Waals surface area (Å²) in [5.41, 5.74) is -0.868. The van der Waals surface area contributed by atoms with Crippen LogP contribution in [0.3, 0.4) is 0 Å². The molecule has 0 aliphatic rings. The van der Waals surface area contributed by atoms with Crippen LogP contribution < -0.4 is 10.6 Å². The fourth-order valence-electron chi connectivity index (χ4n) is 1.63. The van der Waals surface area contributed by atoms with Gasteiger partial charge >= 0.3 is 12.0 Å². The van der Waals surface area contributed by atoms with Gasteiger partial charge in [0.05, 0.1) is 17.7 Å². The number of ether oxygens (including phenoxy) is 1. The number of anilines is 1. The molecule has 0 radical (unpaired) electrons. The van der Waals surface area contributed by atoms with Gasteiger partial charge in [-0.3, -0.25) is 0 Å². The second kappa shape index (κ2) is 6.33. The minimum absolute atomic E-state index is 0.165. The van der Waals surface area contributed by atoms with Crippen molar-refractivity contribution in [3.63, 3.8) is 0 Å². The van der Waals surface area contributed by atoms with Gasteiger partial charge < -0.3 is 20.5 Å². The Hall–Kier alpha value is -2.15. The predicted octanol–water partition coefficient (Wildman–Crippen LogP) is 2.07. The highest BCUT2D eigenvalue weighted by Crippen LogP contribution is 2.15. The molecule has 20 heavy (non-hydrogen) atoms. The molecule has 0 unspecified atom stereocenters. The highest BCUT2D eigenvalue weighted by molar-refractivity contribution is 5.92. The zero-order valence-corrected chi connectivity index (χ0v) is 11.5. The molecule has 6 nitrogen and oxygen atoms in total. The van der Waals surface area contributed by atoms with Gasteiger partial charge in [0.2, 0.25) is 0 Å². The number of aromatic carboxylic acids is 1. The largest absolute Gasteiger partial charge is 0.478 e. The molecule has 110 valence electrons. The van der Waals surface area contributed by atoms with Crippen molar-refractivity contribution in [1.82, 2.24) is 5.32 Å². The molecule has 0 fully saturated rings. The lowest BCUT2D eigenvalue weighted by atomic mass is 10.1. The van der Waals surface area contributed by atoms with Gasteiger partial charge in [0, 0.05) is 12.8 Å². The number of nitrogens with one attached hydrogen (secondary N) is 2. The van der Waals surface area contributed by atoms with E-state index >= 15 is 0 Å². The highest BCUT2D eigenvalue weighted by Gasteiger charge is 2.20. The molecule has 1 rings (SSSR count). The Labute approximate surface area is 115 Å². The summed E-state index contributed by atoms with van der Waals surface area (Å²) in [7, 11) is 1.52. The Morgan fingerprint density at radius 3 is 2.55 bits per heavy atom. The van der Waals surface area contributed by atoms with Gasteiger partial charge in [-0.1, -0.05) is 0 Å². The van der Waals surface area contributed by atoms with Crippen LogP contribution in [-0.4, -0.2) is 36.4 Å². The van der Waals surface area contributed by atoms with Crippen molar-refractivity contribution in [2.24, 2.45) is 0 Å². The number of benzene rings is 1. The summed E-state index contributed by atoms with van der Waals surface area (Å²) in [5, 5.41) is 13.8. The smallest absolute Gasteiger partial charge is 0.338 e. The number of carboxylic acids is 1. The van der Waals surface area contributed by atoms with Gasteiger partial charge in [0.25, 0.3) is 0 Å². The predicted molar refractivity (Wildman–Crippen MR) is 71.5 cm³/mol. The van der Waals surface area contributed by atoms with Crippen molar-refractivity contribution in [3.05, 3.63) is 29.6 Å². The summed E-state index contributed by atoms with van der Waals surface area (Å²) in [4.78, 5) is 22.4. The van der Waals surface area contributed by atoms with Gasteiger partial charge in [-0.25, -0.2) is 14.0 Å². The number of carboxylic acid groups (broad SMARTS) is 1. The summed E-state index contributed by atoms with van der Waals surface area (Å²) >= 11 is 0. The van der Waals surface area contributed by atoms with Crippen LogP contribution in [0.1, 0.15) is 24.2 Å². The van der Waals surface area contributed by atoms with Crippen LogP contribution in [0.15, 0.2) is 18.2 Å². The molecule has 1 aromatic rings. The van der Waals surface area contributed by atoms with Crippen LogP contribution in [0.4, 0.5) is 14.9 Å². The number of amides is 2. The second-order valence-corrected chi connectivity index (χ2v) is 4.90. The normalized spacial score (nSPS) is 11.0. The molecule has 3 N–H and O–H groups in total. The van der Waals surface area contributed by atoms with Crippen molar-refractivity contribution in [2.75, 3.05) is 19.0 Å². The maximum atomic E-state index is 13.4. The van der Waals surface area contributed by atoms with Crippen LogP contribution in [0.5, 0.6) is 0 Å². The van der Waals surface area contributed by atoms with Crippen LogP contribution in [0.2, 0.25) is 0 Å². The summed E-state index contributed by atoms with van der Waals surface area (Å²) in [5.74, 6) is -2.27. The summed E-state index contributed by atoms with van der Waals surface area (Å²) in [6.07, 6.45) is 0. The SMILES string of the molecule is COCC(C)(C)NC(=O)Nc1ccc(C(=O)O)c(F)c1. The lowest BCUT2D eigenvalue weighted by molar-refractivity contribution is 0.0692. The maximum absolute atomic E-state index is 13.4. The van der Waals surface area contributed by atoms with Crippen molar-refractivity contribution in [1.29, 1.82) is 0 Å². The van der Waals surface area contributed by atoms with Gasteiger partial charge in [-0.2, -0.15) is 0 Å². The van der Waals surface area contributed by atoms with E-state index in [0.717, 1.165) is 12.1 Å². The Balaban J connectivity index is 2.72. The van der Waals surface area contributed by atoms with Crippen LogP contribution >= 0.6 is 0 Å². The molecule has 7 heteroatoms. The monoisotopic (exact) mass is 284 g/mol. The van der Waals surface area contributed by atoms with Crippen LogP contribution in [-0.2, 0) is 4.74 Å². The zero-order chi connectivity index (χ0) is 15.3. The Kier molecular flexibility index (Phi) is 5.04. The molecule has 2 amide bonds. The van der Waals surface area contributed by atoms with Crippen molar-refractivity contribution >= 4 is 17.7 Å². The lowest BCUT2D eigenvalue weighted by Crippen LogP contribution is -2.48.